The summed E-state index contributed by atoms with van der Waals surface area (Å²) in [5, 5.41) is 7.12. The number of nitrogens with zero attached hydrogens (tertiary/aromatic N) is 2. The molecule has 0 bridgehead atoms. The largest absolute Gasteiger partial charge is 0.315 e. The van der Waals surface area contributed by atoms with Crippen LogP contribution in [0.15, 0.2) is 0 Å². The van der Waals surface area contributed by atoms with E-state index in [1.54, 1.807) is 0 Å². The molecule has 0 amide bonds. The molecule has 5 nitrogen and oxygen atoms in total. The molecule has 0 radical (unpaired) electrons. The van der Waals surface area contributed by atoms with Gasteiger partial charge in [0.05, 0.1) is 0 Å². The Labute approximate surface area is 159 Å². The lowest BCUT2D eigenvalue weighted by Crippen LogP contribution is -2.39. The van der Waals surface area contributed by atoms with Crippen LogP contribution in [0.4, 0.5) is 0 Å². The smallest absolute Gasteiger partial charge is 0.123 e. The van der Waals surface area contributed by atoms with Crippen LogP contribution in [0.25, 0.3) is 0 Å². The quantitative estimate of drug-likeness (QED) is 0.294. The molecule has 0 aromatic rings. The predicted molar refractivity (Wildman–Crippen MR) is 109 cm³/mol. The molecule has 0 saturated carbocycles. The minimum atomic E-state index is 0.162. The average molecular weight is 373 g/mol. The molecule has 6 heteroatoms. The van der Waals surface area contributed by atoms with Crippen molar-refractivity contribution in [3.05, 3.63) is 0 Å². The monoisotopic (exact) mass is 372 g/mol. The van der Waals surface area contributed by atoms with Gasteiger partial charge in [-0.15, -0.1) is 0 Å². The van der Waals surface area contributed by atoms with Crippen molar-refractivity contribution in [1.29, 1.82) is 0 Å². The Morgan fingerprint density at radius 3 is 2.28 bits per heavy atom. The van der Waals surface area contributed by atoms with Crippen molar-refractivity contribution in [2.24, 2.45) is 0 Å². The maximum absolute atomic E-state index is 5.79. The van der Waals surface area contributed by atoms with Crippen LogP contribution in [0.2, 0.25) is 0 Å². The standard InChI is InChI=1S/C19H40N4OS/c1-17-7-4-13-22(17)15-6-10-20-11-12-21-19(24-25-3)9-16-23-14-5-8-18(23)2/h17-21H,4-16H2,1-3H3/t17-,18-,19?/m0/s1. The molecule has 2 heterocycles. The van der Waals surface area contributed by atoms with Gasteiger partial charge in [-0.25, -0.2) is 0 Å². The second-order valence-electron chi connectivity index (χ2n) is 7.65. The SMILES string of the molecule is CSOC(CCN1CCC[C@@H]1C)NCCNCCCN1CCC[C@@H]1C. The van der Waals surface area contributed by atoms with Gasteiger partial charge in [-0.2, -0.15) is 0 Å². The summed E-state index contributed by atoms with van der Waals surface area (Å²) in [5.41, 5.74) is 0. The van der Waals surface area contributed by atoms with E-state index in [9.17, 15) is 0 Å². The molecular weight excluding hydrogens is 332 g/mol. The third-order valence-electron chi connectivity index (χ3n) is 5.74. The maximum atomic E-state index is 5.79. The summed E-state index contributed by atoms with van der Waals surface area (Å²) >= 11 is 1.47. The van der Waals surface area contributed by atoms with Crippen LogP contribution in [0.5, 0.6) is 0 Å². The first-order chi connectivity index (χ1) is 12.2. The second kappa shape index (κ2) is 12.5. The Bertz CT molecular complexity index is 347. The van der Waals surface area contributed by atoms with Crippen LogP contribution in [0.1, 0.15) is 52.4 Å². The summed E-state index contributed by atoms with van der Waals surface area (Å²) in [4.78, 5) is 5.22. The molecule has 3 atom stereocenters. The first-order valence-corrected chi connectivity index (χ1v) is 11.5. The molecule has 0 spiro atoms. The van der Waals surface area contributed by atoms with Gasteiger partial charge in [-0.3, -0.25) is 9.50 Å². The third kappa shape index (κ3) is 8.14. The molecule has 0 aliphatic carbocycles. The molecule has 2 aliphatic rings. The average Bonchev–Trinajstić information content (AvgIpc) is 3.20. The molecule has 2 N–H and O–H groups in total. The number of likely N-dealkylation sites (tertiary alicyclic amines) is 2. The van der Waals surface area contributed by atoms with E-state index in [0.717, 1.165) is 44.7 Å². The van der Waals surface area contributed by atoms with E-state index in [0.29, 0.717) is 0 Å². The summed E-state index contributed by atoms with van der Waals surface area (Å²) < 4.78 is 5.79. The molecule has 1 unspecified atom stereocenters. The van der Waals surface area contributed by atoms with Crippen molar-refractivity contribution in [2.45, 2.75) is 70.7 Å². The molecule has 148 valence electrons. The van der Waals surface area contributed by atoms with Crippen molar-refractivity contribution in [3.8, 4) is 0 Å². The van der Waals surface area contributed by atoms with Crippen LogP contribution in [-0.2, 0) is 4.18 Å². The highest BCUT2D eigenvalue weighted by Gasteiger charge is 2.21. The zero-order chi connectivity index (χ0) is 17.9. The van der Waals surface area contributed by atoms with Crippen LogP contribution in [0.3, 0.4) is 0 Å². The van der Waals surface area contributed by atoms with E-state index in [2.05, 4.69) is 34.3 Å². The first kappa shape index (κ1) is 21.5. The topological polar surface area (TPSA) is 39.8 Å². The van der Waals surface area contributed by atoms with Crippen molar-refractivity contribution < 1.29 is 4.18 Å². The lowest BCUT2D eigenvalue weighted by molar-refractivity contribution is 0.154. The molecule has 0 aromatic carbocycles. The summed E-state index contributed by atoms with van der Waals surface area (Å²) in [6, 6.07) is 1.54. The molecule has 25 heavy (non-hydrogen) atoms. The highest BCUT2D eigenvalue weighted by Crippen LogP contribution is 2.17. The number of hydrogen-bond acceptors (Lipinski definition) is 6. The Kier molecular flexibility index (Phi) is 10.7. The van der Waals surface area contributed by atoms with Gasteiger partial charge >= 0.3 is 0 Å². The lowest BCUT2D eigenvalue weighted by Gasteiger charge is -2.24. The minimum Gasteiger partial charge on any atom is -0.315 e. The van der Waals surface area contributed by atoms with Gasteiger partial charge in [0, 0.05) is 44.4 Å². The highest BCUT2D eigenvalue weighted by atomic mass is 32.2. The third-order valence-corrected chi connectivity index (χ3v) is 6.17. The van der Waals surface area contributed by atoms with E-state index < -0.39 is 0 Å². The normalized spacial score (nSPS) is 26.5. The molecular formula is C19H40N4OS. The number of rotatable bonds is 13. The van der Waals surface area contributed by atoms with Gasteiger partial charge in [0.2, 0.25) is 0 Å². The maximum Gasteiger partial charge on any atom is 0.123 e. The zero-order valence-corrected chi connectivity index (χ0v) is 17.5. The van der Waals surface area contributed by atoms with E-state index in [4.69, 9.17) is 4.18 Å². The fourth-order valence-electron chi connectivity index (χ4n) is 4.09. The first-order valence-electron chi connectivity index (χ1n) is 10.3. The van der Waals surface area contributed by atoms with Gasteiger partial charge in [0.15, 0.2) is 0 Å². The summed E-state index contributed by atoms with van der Waals surface area (Å²) in [6.45, 7) is 12.7. The summed E-state index contributed by atoms with van der Waals surface area (Å²) in [5.74, 6) is 0. The fraction of sp³-hybridized carbons (Fsp3) is 1.00. The van der Waals surface area contributed by atoms with E-state index in [1.807, 2.05) is 6.26 Å². The van der Waals surface area contributed by atoms with Gasteiger partial charge in [0.25, 0.3) is 0 Å². The number of hydrogen-bond donors (Lipinski definition) is 2. The molecule has 2 rings (SSSR count). The van der Waals surface area contributed by atoms with Crippen molar-refractivity contribution in [1.82, 2.24) is 20.4 Å². The van der Waals surface area contributed by atoms with Crippen molar-refractivity contribution in [2.75, 3.05) is 52.1 Å². The Morgan fingerprint density at radius 2 is 1.68 bits per heavy atom. The van der Waals surface area contributed by atoms with Crippen LogP contribution < -0.4 is 10.6 Å². The van der Waals surface area contributed by atoms with Crippen LogP contribution in [0, 0.1) is 0 Å². The van der Waals surface area contributed by atoms with Crippen LogP contribution in [-0.4, -0.2) is 80.2 Å². The predicted octanol–water partition coefficient (Wildman–Crippen LogP) is 2.54. The zero-order valence-electron chi connectivity index (χ0n) is 16.6. The fourth-order valence-corrected chi connectivity index (χ4v) is 4.48. The Morgan fingerprint density at radius 1 is 1.00 bits per heavy atom. The summed E-state index contributed by atoms with van der Waals surface area (Å²) in [6.07, 6.45) is 9.94. The lowest BCUT2D eigenvalue weighted by atomic mass is 10.2. The molecule has 0 aromatic heterocycles. The van der Waals surface area contributed by atoms with Crippen molar-refractivity contribution in [3.63, 3.8) is 0 Å². The Hall–Kier alpha value is 0.150. The van der Waals surface area contributed by atoms with Gasteiger partial charge in [0.1, 0.15) is 6.23 Å². The van der Waals surface area contributed by atoms with Gasteiger partial charge < -0.3 is 15.1 Å². The van der Waals surface area contributed by atoms with E-state index in [-0.39, 0.29) is 6.23 Å². The van der Waals surface area contributed by atoms with E-state index in [1.165, 1.54) is 63.8 Å². The van der Waals surface area contributed by atoms with Crippen LogP contribution >= 0.6 is 12.0 Å². The van der Waals surface area contributed by atoms with Gasteiger partial charge in [-0.05, 0) is 84.2 Å². The number of nitrogens with one attached hydrogen (secondary N) is 2. The van der Waals surface area contributed by atoms with Gasteiger partial charge in [-0.1, -0.05) is 0 Å². The minimum absolute atomic E-state index is 0.162. The Balaban J connectivity index is 1.47. The molecule has 2 fully saturated rings. The van der Waals surface area contributed by atoms with Crippen molar-refractivity contribution >= 4 is 12.0 Å². The molecule has 2 aliphatic heterocycles. The molecule has 2 saturated heterocycles. The van der Waals surface area contributed by atoms with E-state index >= 15 is 0 Å². The highest BCUT2D eigenvalue weighted by molar-refractivity contribution is 7.93. The summed E-state index contributed by atoms with van der Waals surface area (Å²) in [7, 11) is 0. The second-order valence-corrected chi connectivity index (χ2v) is 8.18.